The summed E-state index contributed by atoms with van der Waals surface area (Å²) in [5.74, 6) is 0. The van der Waals surface area contributed by atoms with E-state index < -0.39 is 0 Å². The highest BCUT2D eigenvalue weighted by molar-refractivity contribution is 5.33. The lowest BCUT2D eigenvalue weighted by Crippen LogP contribution is -2.37. The van der Waals surface area contributed by atoms with Gasteiger partial charge in [0.25, 0.3) is 0 Å². The van der Waals surface area contributed by atoms with Crippen LogP contribution in [0.3, 0.4) is 0 Å². The van der Waals surface area contributed by atoms with Gasteiger partial charge >= 0.3 is 0 Å². The van der Waals surface area contributed by atoms with Gasteiger partial charge in [-0.1, -0.05) is 80.9 Å². The third kappa shape index (κ3) is 3.10. The lowest BCUT2D eigenvalue weighted by molar-refractivity contribution is 0.354. The van der Waals surface area contributed by atoms with Crippen LogP contribution in [0.15, 0.2) is 54.6 Å². The summed E-state index contributed by atoms with van der Waals surface area (Å²) in [5, 5.41) is 3.66. The second-order valence-corrected chi connectivity index (χ2v) is 5.99. The number of aryl methyl sites for hydroxylation is 1. The monoisotopic (exact) mass is 267 g/mol. The number of nitrogens with one attached hydrogen (secondary N) is 1. The highest BCUT2D eigenvalue weighted by Crippen LogP contribution is 2.36. The average molecular weight is 267 g/mol. The molecular weight excluding hydrogens is 242 g/mol. The number of benzene rings is 2. The molecule has 0 heterocycles. The highest BCUT2D eigenvalue weighted by Gasteiger charge is 2.31. The molecule has 0 aliphatic rings. The van der Waals surface area contributed by atoms with Crippen LogP contribution < -0.4 is 5.32 Å². The molecule has 0 saturated heterocycles. The minimum atomic E-state index is 0.0467. The molecule has 1 heteroatoms. The molecule has 0 amide bonds. The van der Waals surface area contributed by atoms with Crippen molar-refractivity contribution in [1.29, 1.82) is 0 Å². The van der Waals surface area contributed by atoms with E-state index in [1.165, 1.54) is 16.7 Å². The number of likely N-dealkylation sites (N-methyl/N-ethyl adjacent to an activating group) is 1. The van der Waals surface area contributed by atoms with Crippen molar-refractivity contribution in [2.45, 2.75) is 39.2 Å². The van der Waals surface area contributed by atoms with Crippen molar-refractivity contribution in [3.8, 4) is 0 Å². The van der Waals surface area contributed by atoms with Gasteiger partial charge in [0.05, 0.1) is 0 Å². The van der Waals surface area contributed by atoms with Crippen LogP contribution in [0.4, 0.5) is 0 Å². The third-order valence-electron chi connectivity index (χ3n) is 4.02. The van der Waals surface area contributed by atoms with Gasteiger partial charge in [-0.15, -0.1) is 0 Å². The summed E-state index contributed by atoms with van der Waals surface area (Å²) in [7, 11) is 0. The van der Waals surface area contributed by atoms with Crippen molar-refractivity contribution in [1.82, 2.24) is 5.32 Å². The maximum absolute atomic E-state index is 3.66. The summed E-state index contributed by atoms with van der Waals surface area (Å²) >= 11 is 0. The van der Waals surface area contributed by atoms with Crippen LogP contribution in [0.25, 0.3) is 0 Å². The van der Waals surface area contributed by atoms with E-state index >= 15 is 0 Å². The molecule has 106 valence electrons. The van der Waals surface area contributed by atoms with Crippen molar-refractivity contribution in [2.75, 3.05) is 6.54 Å². The van der Waals surface area contributed by atoms with E-state index in [4.69, 9.17) is 0 Å². The van der Waals surface area contributed by atoms with E-state index in [-0.39, 0.29) is 5.41 Å². The minimum Gasteiger partial charge on any atom is -0.309 e. The lowest BCUT2D eigenvalue weighted by atomic mass is 9.74. The molecular formula is C19H25N. The smallest absolute Gasteiger partial charge is 0.0412 e. The fourth-order valence-electron chi connectivity index (χ4n) is 2.88. The van der Waals surface area contributed by atoms with Gasteiger partial charge < -0.3 is 5.32 Å². The Labute approximate surface area is 123 Å². The summed E-state index contributed by atoms with van der Waals surface area (Å²) < 4.78 is 0. The van der Waals surface area contributed by atoms with Crippen LogP contribution in [0.1, 0.15) is 43.5 Å². The van der Waals surface area contributed by atoms with E-state index in [1.807, 2.05) is 0 Å². The van der Waals surface area contributed by atoms with Gasteiger partial charge in [-0.05, 0) is 24.6 Å². The molecule has 0 fully saturated rings. The summed E-state index contributed by atoms with van der Waals surface area (Å²) in [6, 6.07) is 19.9. The Bertz CT molecular complexity index is 543. The topological polar surface area (TPSA) is 12.0 Å². The van der Waals surface area contributed by atoms with Crippen molar-refractivity contribution in [3.63, 3.8) is 0 Å². The van der Waals surface area contributed by atoms with Crippen molar-refractivity contribution < 1.29 is 0 Å². The molecule has 0 spiro atoms. The highest BCUT2D eigenvalue weighted by atomic mass is 14.9. The van der Waals surface area contributed by atoms with Gasteiger partial charge in [-0.25, -0.2) is 0 Å². The zero-order chi connectivity index (χ0) is 14.6. The van der Waals surface area contributed by atoms with Gasteiger partial charge in [0.15, 0.2) is 0 Å². The molecule has 2 aromatic rings. The molecule has 0 bridgehead atoms. The summed E-state index contributed by atoms with van der Waals surface area (Å²) in [6.45, 7) is 9.93. The zero-order valence-electron chi connectivity index (χ0n) is 13.0. The Kier molecular flexibility index (Phi) is 4.61. The molecule has 1 unspecified atom stereocenters. The third-order valence-corrected chi connectivity index (χ3v) is 4.02. The van der Waals surface area contributed by atoms with Gasteiger partial charge in [-0.3, -0.25) is 0 Å². The first kappa shape index (κ1) is 14.8. The first-order valence-electron chi connectivity index (χ1n) is 7.41. The molecule has 1 atom stereocenters. The van der Waals surface area contributed by atoms with Crippen LogP contribution in [0, 0.1) is 6.92 Å². The zero-order valence-corrected chi connectivity index (χ0v) is 13.0. The predicted octanol–water partition coefficient (Wildman–Crippen LogP) is 4.62. The SMILES string of the molecule is CCNC(c1cccc(C)c1)C(C)(C)c1ccccc1. The van der Waals surface area contributed by atoms with Crippen LogP contribution in [0.2, 0.25) is 0 Å². The molecule has 1 nitrogen and oxygen atoms in total. The quantitative estimate of drug-likeness (QED) is 0.833. The fourth-order valence-corrected chi connectivity index (χ4v) is 2.88. The van der Waals surface area contributed by atoms with Crippen molar-refractivity contribution in [3.05, 3.63) is 71.3 Å². The van der Waals surface area contributed by atoms with Gasteiger partial charge in [0.1, 0.15) is 0 Å². The van der Waals surface area contributed by atoms with Crippen LogP contribution in [-0.2, 0) is 5.41 Å². The summed E-state index contributed by atoms with van der Waals surface area (Å²) in [4.78, 5) is 0. The molecule has 2 aromatic carbocycles. The fraction of sp³-hybridized carbons (Fsp3) is 0.368. The number of hydrogen-bond donors (Lipinski definition) is 1. The summed E-state index contributed by atoms with van der Waals surface area (Å²) in [5.41, 5.74) is 4.09. The lowest BCUT2D eigenvalue weighted by Gasteiger charge is -2.36. The molecule has 0 aliphatic carbocycles. The first-order valence-corrected chi connectivity index (χ1v) is 7.41. The second-order valence-electron chi connectivity index (χ2n) is 5.99. The molecule has 0 radical (unpaired) electrons. The Morgan fingerprint density at radius 1 is 1.00 bits per heavy atom. The normalized spacial score (nSPS) is 13.2. The largest absolute Gasteiger partial charge is 0.309 e. The Balaban J connectivity index is 2.42. The van der Waals surface area contributed by atoms with E-state index in [9.17, 15) is 0 Å². The molecule has 1 N–H and O–H groups in total. The maximum atomic E-state index is 3.66. The number of hydrogen-bond acceptors (Lipinski definition) is 1. The Morgan fingerprint density at radius 2 is 1.70 bits per heavy atom. The number of rotatable bonds is 5. The molecule has 2 rings (SSSR count). The van der Waals surface area contributed by atoms with Crippen LogP contribution in [-0.4, -0.2) is 6.54 Å². The summed E-state index contributed by atoms with van der Waals surface area (Å²) in [6.07, 6.45) is 0. The van der Waals surface area contributed by atoms with Gasteiger partial charge in [0, 0.05) is 11.5 Å². The molecule has 0 saturated carbocycles. The molecule has 20 heavy (non-hydrogen) atoms. The van der Waals surface area contributed by atoms with E-state index in [0.29, 0.717) is 6.04 Å². The minimum absolute atomic E-state index is 0.0467. The van der Waals surface area contributed by atoms with Crippen molar-refractivity contribution >= 4 is 0 Å². The van der Waals surface area contributed by atoms with E-state index in [0.717, 1.165) is 6.54 Å². The standard InChI is InChI=1S/C19H25N/c1-5-20-18(16-11-9-10-15(2)14-16)19(3,4)17-12-7-6-8-13-17/h6-14,18,20H,5H2,1-4H3. The molecule has 0 aromatic heterocycles. The first-order chi connectivity index (χ1) is 9.55. The van der Waals surface area contributed by atoms with E-state index in [2.05, 4.69) is 87.6 Å². The Morgan fingerprint density at radius 3 is 2.30 bits per heavy atom. The van der Waals surface area contributed by atoms with Crippen molar-refractivity contribution in [2.24, 2.45) is 0 Å². The molecule has 0 aliphatic heterocycles. The Hall–Kier alpha value is -1.60. The van der Waals surface area contributed by atoms with Gasteiger partial charge in [0.2, 0.25) is 0 Å². The van der Waals surface area contributed by atoms with Gasteiger partial charge in [-0.2, -0.15) is 0 Å². The predicted molar refractivity (Wildman–Crippen MR) is 87.1 cm³/mol. The van der Waals surface area contributed by atoms with E-state index in [1.54, 1.807) is 0 Å². The maximum Gasteiger partial charge on any atom is 0.0412 e. The van der Waals surface area contributed by atoms with Crippen LogP contribution in [0.5, 0.6) is 0 Å². The second kappa shape index (κ2) is 6.23. The van der Waals surface area contributed by atoms with Crippen LogP contribution >= 0.6 is 0 Å². The average Bonchev–Trinajstić information content (AvgIpc) is 2.45.